The summed E-state index contributed by atoms with van der Waals surface area (Å²) in [7, 11) is 1.58. The highest BCUT2D eigenvalue weighted by Crippen LogP contribution is 2.36. The Hall–Kier alpha value is -2.73. The first-order chi connectivity index (χ1) is 11.6. The molecule has 0 saturated carbocycles. The molecule has 0 bridgehead atoms. The number of rotatable bonds is 2. The average Bonchev–Trinajstić information content (AvgIpc) is 2.85. The molecule has 0 radical (unpaired) electrons. The molecule has 0 atom stereocenters. The highest BCUT2D eigenvalue weighted by molar-refractivity contribution is 9.10. The van der Waals surface area contributed by atoms with E-state index >= 15 is 0 Å². The smallest absolute Gasteiger partial charge is 0.267 e. The Bertz CT molecular complexity index is 981. The Morgan fingerprint density at radius 3 is 2.33 bits per heavy atom. The van der Waals surface area contributed by atoms with E-state index in [4.69, 9.17) is 4.74 Å². The first-order valence-corrected chi connectivity index (χ1v) is 8.01. The Morgan fingerprint density at radius 2 is 1.71 bits per heavy atom. The summed E-state index contributed by atoms with van der Waals surface area (Å²) in [6, 6.07) is 12.2. The van der Waals surface area contributed by atoms with Crippen LogP contribution < -0.4 is 9.64 Å². The van der Waals surface area contributed by atoms with Crippen LogP contribution in [-0.2, 0) is 0 Å². The van der Waals surface area contributed by atoms with Gasteiger partial charge in [0.25, 0.3) is 11.8 Å². The zero-order valence-electron chi connectivity index (χ0n) is 12.6. The summed E-state index contributed by atoms with van der Waals surface area (Å²) in [4.78, 5) is 30.8. The zero-order valence-corrected chi connectivity index (χ0v) is 14.2. The van der Waals surface area contributed by atoms with Gasteiger partial charge in [0.2, 0.25) is 0 Å². The van der Waals surface area contributed by atoms with Gasteiger partial charge in [0, 0.05) is 11.6 Å². The van der Waals surface area contributed by atoms with Crippen LogP contribution in [0.5, 0.6) is 5.75 Å². The minimum Gasteiger partial charge on any atom is -0.496 e. The highest BCUT2D eigenvalue weighted by atomic mass is 79.9. The van der Waals surface area contributed by atoms with Crippen LogP contribution in [0.25, 0.3) is 10.8 Å². The zero-order chi connectivity index (χ0) is 16.8. The number of carbonyl (C=O) groups excluding carboxylic acids is 2. The van der Waals surface area contributed by atoms with E-state index in [-0.39, 0.29) is 11.8 Å². The Morgan fingerprint density at radius 1 is 1.04 bits per heavy atom. The summed E-state index contributed by atoms with van der Waals surface area (Å²) in [5, 5.41) is 1.52. The van der Waals surface area contributed by atoms with Crippen molar-refractivity contribution in [2.45, 2.75) is 0 Å². The number of hydrogen-bond donors (Lipinski definition) is 0. The number of anilines is 1. The van der Waals surface area contributed by atoms with Crippen LogP contribution in [0, 0.1) is 0 Å². The Labute approximate surface area is 146 Å². The number of hydrogen-bond acceptors (Lipinski definition) is 4. The molecule has 1 aliphatic heterocycles. The molecule has 2 aromatic carbocycles. The van der Waals surface area contributed by atoms with E-state index < -0.39 is 0 Å². The molecule has 1 aromatic heterocycles. The molecule has 118 valence electrons. The molecule has 1 aliphatic rings. The molecule has 5 nitrogen and oxygen atoms in total. The monoisotopic (exact) mass is 382 g/mol. The number of halogens is 1. The van der Waals surface area contributed by atoms with Crippen molar-refractivity contribution in [2.24, 2.45) is 0 Å². The lowest BCUT2D eigenvalue weighted by atomic mass is 10.1. The summed E-state index contributed by atoms with van der Waals surface area (Å²) >= 11 is 3.44. The number of benzene rings is 2. The molecule has 0 aliphatic carbocycles. The largest absolute Gasteiger partial charge is 0.496 e. The van der Waals surface area contributed by atoms with Crippen LogP contribution in [0.4, 0.5) is 5.82 Å². The van der Waals surface area contributed by atoms with Crippen molar-refractivity contribution < 1.29 is 14.3 Å². The SMILES string of the molecule is COc1cc2ccnc(N3C(=O)c4ccccc4C3=O)c2cc1Br. The maximum atomic E-state index is 12.7. The number of pyridine rings is 1. The van der Waals surface area contributed by atoms with E-state index in [2.05, 4.69) is 20.9 Å². The van der Waals surface area contributed by atoms with Crippen LogP contribution in [0.3, 0.4) is 0 Å². The van der Waals surface area contributed by atoms with Gasteiger partial charge in [0.15, 0.2) is 5.82 Å². The van der Waals surface area contributed by atoms with E-state index in [1.165, 1.54) is 0 Å². The number of imide groups is 1. The number of nitrogens with zero attached hydrogens (tertiary/aromatic N) is 2. The third-order valence-corrected chi connectivity index (χ3v) is 4.64. The third-order valence-electron chi connectivity index (χ3n) is 4.02. The second-order valence-electron chi connectivity index (χ2n) is 5.33. The van der Waals surface area contributed by atoms with Gasteiger partial charge in [0.05, 0.1) is 22.7 Å². The fourth-order valence-corrected chi connectivity index (χ4v) is 3.38. The maximum Gasteiger partial charge on any atom is 0.267 e. The summed E-state index contributed by atoms with van der Waals surface area (Å²) in [5.41, 5.74) is 0.794. The second kappa shape index (κ2) is 5.42. The minimum atomic E-state index is -0.359. The molecule has 3 aromatic rings. The van der Waals surface area contributed by atoms with Gasteiger partial charge in [-0.1, -0.05) is 12.1 Å². The standard InChI is InChI=1S/C18H11BrN2O3/c1-24-15-8-10-6-7-20-16(13(10)9-14(15)19)21-17(22)11-4-2-3-5-12(11)18(21)23/h2-9H,1H3. The van der Waals surface area contributed by atoms with Gasteiger partial charge in [-0.05, 0) is 51.6 Å². The lowest BCUT2D eigenvalue weighted by Crippen LogP contribution is -2.30. The van der Waals surface area contributed by atoms with Gasteiger partial charge >= 0.3 is 0 Å². The van der Waals surface area contributed by atoms with Crippen molar-refractivity contribution in [3.8, 4) is 5.75 Å². The quantitative estimate of drug-likeness (QED) is 0.632. The lowest BCUT2D eigenvalue weighted by Gasteiger charge is -2.16. The van der Waals surface area contributed by atoms with Gasteiger partial charge in [-0.15, -0.1) is 0 Å². The molecule has 0 fully saturated rings. The molecule has 4 rings (SSSR count). The van der Waals surface area contributed by atoms with Crippen molar-refractivity contribution in [2.75, 3.05) is 12.0 Å². The third kappa shape index (κ3) is 2.03. The number of carbonyl (C=O) groups is 2. The van der Waals surface area contributed by atoms with Crippen LogP contribution in [0.15, 0.2) is 53.1 Å². The molecule has 2 heterocycles. The van der Waals surface area contributed by atoms with Crippen LogP contribution >= 0.6 is 15.9 Å². The normalized spacial score (nSPS) is 13.5. The summed E-state index contributed by atoms with van der Waals surface area (Å²) < 4.78 is 6.02. The van der Waals surface area contributed by atoms with Crippen molar-refractivity contribution >= 4 is 44.3 Å². The second-order valence-corrected chi connectivity index (χ2v) is 6.19. The predicted octanol–water partition coefficient (Wildman–Crippen LogP) is 3.81. The van der Waals surface area contributed by atoms with Crippen molar-refractivity contribution in [1.29, 1.82) is 0 Å². The first-order valence-electron chi connectivity index (χ1n) is 7.22. The van der Waals surface area contributed by atoms with Gasteiger partial charge < -0.3 is 4.74 Å². The number of fused-ring (bicyclic) bond motifs is 2. The molecule has 0 spiro atoms. The topological polar surface area (TPSA) is 59.5 Å². The molecule has 0 saturated heterocycles. The molecule has 6 heteroatoms. The number of ether oxygens (including phenoxy) is 1. The van der Waals surface area contributed by atoms with Crippen molar-refractivity contribution in [1.82, 2.24) is 4.98 Å². The first kappa shape index (κ1) is 14.8. The van der Waals surface area contributed by atoms with Crippen LogP contribution in [-0.4, -0.2) is 23.9 Å². The molecular formula is C18H11BrN2O3. The van der Waals surface area contributed by atoms with Crippen LogP contribution in [0.1, 0.15) is 20.7 Å². The number of aromatic nitrogens is 1. The molecular weight excluding hydrogens is 372 g/mol. The summed E-state index contributed by atoms with van der Waals surface area (Å²) in [6.45, 7) is 0. The average molecular weight is 383 g/mol. The van der Waals surface area contributed by atoms with E-state index in [1.54, 1.807) is 43.6 Å². The van der Waals surface area contributed by atoms with E-state index in [1.807, 2.05) is 12.1 Å². The van der Waals surface area contributed by atoms with E-state index in [0.29, 0.717) is 28.1 Å². The molecule has 0 N–H and O–H groups in total. The van der Waals surface area contributed by atoms with Gasteiger partial charge in [0.1, 0.15) is 5.75 Å². The molecule has 24 heavy (non-hydrogen) atoms. The fraction of sp³-hybridized carbons (Fsp3) is 0.0556. The Kier molecular flexibility index (Phi) is 3.35. The summed E-state index contributed by atoms with van der Waals surface area (Å²) in [6.07, 6.45) is 1.58. The van der Waals surface area contributed by atoms with Crippen molar-refractivity contribution in [3.63, 3.8) is 0 Å². The summed E-state index contributed by atoms with van der Waals surface area (Å²) in [5.74, 6) is 0.272. The number of amides is 2. The predicted molar refractivity (Wildman–Crippen MR) is 93.6 cm³/mol. The highest BCUT2D eigenvalue weighted by Gasteiger charge is 2.37. The Balaban J connectivity index is 1.94. The fourth-order valence-electron chi connectivity index (χ4n) is 2.87. The number of methoxy groups -OCH3 is 1. The van der Waals surface area contributed by atoms with Gasteiger partial charge in [-0.2, -0.15) is 0 Å². The lowest BCUT2D eigenvalue weighted by molar-refractivity contribution is 0.0925. The van der Waals surface area contributed by atoms with E-state index in [9.17, 15) is 9.59 Å². The molecule has 0 unspecified atom stereocenters. The van der Waals surface area contributed by atoms with E-state index in [0.717, 1.165) is 14.8 Å². The van der Waals surface area contributed by atoms with Gasteiger partial charge in [-0.3, -0.25) is 9.59 Å². The minimum absolute atomic E-state index is 0.321. The van der Waals surface area contributed by atoms with Crippen LogP contribution in [0.2, 0.25) is 0 Å². The van der Waals surface area contributed by atoms with Gasteiger partial charge in [-0.25, -0.2) is 9.88 Å². The molecule has 2 amide bonds. The maximum absolute atomic E-state index is 12.7. The van der Waals surface area contributed by atoms with Crippen molar-refractivity contribution in [3.05, 3.63) is 64.3 Å².